The van der Waals surface area contributed by atoms with Crippen molar-refractivity contribution in [1.82, 2.24) is 15.2 Å². The number of para-hydroxylation sites is 2. The van der Waals surface area contributed by atoms with E-state index in [0.717, 1.165) is 24.5 Å². The molecule has 1 N–H and O–H groups in total. The molecule has 0 atom stereocenters. The molecule has 25 heavy (non-hydrogen) atoms. The van der Waals surface area contributed by atoms with Gasteiger partial charge in [-0.1, -0.05) is 42.5 Å². The summed E-state index contributed by atoms with van der Waals surface area (Å²) in [5.74, 6) is 1.96. The van der Waals surface area contributed by atoms with Gasteiger partial charge in [0.05, 0.1) is 19.0 Å². The summed E-state index contributed by atoms with van der Waals surface area (Å²) in [6.07, 6.45) is 1.60. The van der Waals surface area contributed by atoms with Crippen molar-refractivity contribution in [2.24, 2.45) is 0 Å². The van der Waals surface area contributed by atoms with E-state index in [-0.39, 0.29) is 0 Å². The molecule has 1 aromatic heterocycles. The van der Waals surface area contributed by atoms with Gasteiger partial charge in [0, 0.05) is 13.1 Å². The molecule has 0 fully saturated rings. The monoisotopic (exact) mass is 335 g/mol. The van der Waals surface area contributed by atoms with Crippen LogP contribution in [0.4, 0.5) is 17.5 Å². The summed E-state index contributed by atoms with van der Waals surface area (Å²) in [5.41, 5.74) is 2.04. The van der Waals surface area contributed by atoms with Crippen LogP contribution in [0, 0.1) is 0 Å². The van der Waals surface area contributed by atoms with Crippen LogP contribution < -0.4 is 15.0 Å². The molecule has 0 bridgehead atoms. The normalized spacial score (nSPS) is 10.3. The van der Waals surface area contributed by atoms with Crippen molar-refractivity contribution < 1.29 is 4.74 Å². The van der Waals surface area contributed by atoms with Crippen molar-refractivity contribution in [3.63, 3.8) is 0 Å². The topological polar surface area (TPSA) is 63.2 Å². The number of nitrogens with zero attached hydrogens (tertiary/aromatic N) is 4. The van der Waals surface area contributed by atoms with E-state index in [1.54, 1.807) is 13.3 Å². The fourth-order valence-electron chi connectivity index (χ4n) is 2.50. The molecule has 1 heterocycles. The van der Waals surface area contributed by atoms with Crippen molar-refractivity contribution >= 4 is 17.5 Å². The van der Waals surface area contributed by atoms with Crippen LogP contribution in [0.5, 0.6) is 5.75 Å². The summed E-state index contributed by atoms with van der Waals surface area (Å²) in [6.45, 7) is 3.60. The van der Waals surface area contributed by atoms with Gasteiger partial charge in [-0.25, -0.2) is 0 Å². The molecule has 0 aliphatic carbocycles. The van der Waals surface area contributed by atoms with Gasteiger partial charge in [0.1, 0.15) is 5.75 Å². The summed E-state index contributed by atoms with van der Waals surface area (Å²) in [4.78, 5) is 6.68. The first-order valence-electron chi connectivity index (χ1n) is 8.18. The minimum absolute atomic E-state index is 0.589. The van der Waals surface area contributed by atoms with E-state index in [2.05, 4.69) is 44.5 Å². The molecule has 2 aromatic carbocycles. The van der Waals surface area contributed by atoms with Crippen LogP contribution in [0.2, 0.25) is 0 Å². The lowest BCUT2D eigenvalue weighted by atomic mass is 10.2. The summed E-state index contributed by atoms with van der Waals surface area (Å²) >= 11 is 0. The highest BCUT2D eigenvalue weighted by Crippen LogP contribution is 2.26. The van der Waals surface area contributed by atoms with E-state index in [1.807, 2.05) is 42.5 Å². The Balaban J connectivity index is 1.80. The molecule has 3 rings (SSSR count). The van der Waals surface area contributed by atoms with Crippen LogP contribution in [0.25, 0.3) is 0 Å². The number of rotatable bonds is 7. The smallest absolute Gasteiger partial charge is 0.247 e. The minimum atomic E-state index is 0.589. The molecule has 0 unspecified atom stereocenters. The molecule has 0 aliphatic rings. The van der Waals surface area contributed by atoms with Gasteiger partial charge in [-0.05, 0) is 24.6 Å². The molecule has 0 spiro atoms. The largest absolute Gasteiger partial charge is 0.495 e. The van der Waals surface area contributed by atoms with Gasteiger partial charge < -0.3 is 15.0 Å². The zero-order chi connectivity index (χ0) is 17.5. The molecule has 0 aliphatic heterocycles. The van der Waals surface area contributed by atoms with Gasteiger partial charge in [-0.2, -0.15) is 10.1 Å². The van der Waals surface area contributed by atoms with Crippen molar-refractivity contribution in [2.75, 3.05) is 23.9 Å². The Bertz CT molecular complexity index is 810. The second-order valence-electron chi connectivity index (χ2n) is 5.47. The zero-order valence-electron chi connectivity index (χ0n) is 14.4. The lowest BCUT2D eigenvalue weighted by Crippen LogP contribution is -2.24. The number of hydrogen-bond donors (Lipinski definition) is 1. The summed E-state index contributed by atoms with van der Waals surface area (Å²) in [5, 5.41) is 11.5. The predicted octanol–water partition coefficient (Wildman–Crippen LogP) is 3.65. The molecule has 0 saturated heterocycles. The second kappa shape index (κ2) is 8.10. The van der Waals surface area contributed by atoms with Crippen LogP contribution in [-0.2, 0) is 6.54 Å². The van der Waals surface area contributed by atoms with Gasteiger partial charge >= 0.3 is 0 Å². The molecule has 3 aromatic rings. The third kappa shape index (κ3) is 4.23. The number of methoxy groups -OCH3 is 1. The average Bonchev–Trinajstić information content (AvgIpc) is 2.67. The molecular weight excluding hydrogens is 314 g/mol. The Morgan fingerprint density at radius 3 is 2.56 bits per heavy atom. The predicted molar refractivity (Wildman–Crippen MR) is 99.3 cm³/mol. The van der Waals surface area contributed by atoms with Gasteiger partial charge in [-0.3, -0.25) is 0 Å². The lowest BCUT2D eigenvalue weighted by Gasteiger charge is -2.20. The van der Waals surface area contributed by atoms with Crippen molar-refractivity contribution in [2.45, 2.75) is 13.5 Å². The highest BCUT2D eigenvalue weighted by atomic mass is 16.5. The fraction of sp³-hybridized carbons (Fsp3) is 0.211. The Hall–Kier alpha value is -3.15. The summed E-state index contributed by atoms with van der Waals surface area (Å²) in [6, 6.07) is 17.9. The van der Waals surface area contributed by atoms with Gasteiger partial charge in [0.15, 0.2) is 5.82 Å². The summed E-state index contributed by atoms with van der Waals surface area (Å²) < 4.78 is 5.36. The second-order valence-corrected chi connectivity index (χ2v) is 5.47. The highest BCUT2D eigenvalue weighted by molar-refractivity contribution is 5.64. The highest BCUT2D eigenvalue weighted by Gasteiger charge is 2.11. The van der Waals surface area contributed by atoms with E-state index in [1.165, 1.54) is 5.56 Å². The maximum Gasteiger partial charge on any atom is 0.247 e. The maximum atomic E-state index is 5.36. The first kappa shape index (κ1) is 16.7. The van der Waals surface area contributed by atoms with Gasteiger partial charge in [-0.15, -0.1) is 5.10 Å². The number of anilines is 3. The lowest BCUT2D eigenvalue weighted by molar-refractivity contribution is 0.417. The van der Waals surface area contributed by atoms with Crippen molar-refractivity contribution in [3.05, 3.63) is 66.4 Å². The third-order valence-corrected chi connectivity index (χ3v) is 3.80. The van der Waals surface area contributed by atoms with E-state index in [4.69, 9.17) is 4.74 Å². The molecule has 0 amide bonds. The van der Waals surface area contributed by atoms with Crippen molar-refractivity contribution in [3.8, 4) is 5.75 Å². The molecular formula is C19H21N5O. The van der Waals surface area contributed by atoms with Crippen LogP contribution in [0.15, 0.2) is 60.8 Å². The Kier molecular flexibility index (Phi) is 5.41. The average molecular weight is 335 g/mol. The number of benzene rings is 2. The minimum Gasteiger partial charge on any atom is -0.495 e. The number of nitrogens with one attached hydrogen (secondary N) is 1. The molecule has 0 radical (unpaired) electrons. The fourth-order valence-corrected chi connectivity index (χ4v) is 2.50. The number of hydrogen-bond acceptors (Lipinski definition) is 6. The SMILES string of the molecule is CCN(Cc1ccccc1)c1nncc(Nc2ccccc2OC)n1. The third-order valence-electron chi connectivity index (χ3n) is 3.80. The number of ether oxygens (including phenoxy) is 1. The van der Waals surface area contributed by atoms with Gasteiger partial charge in [0.25, 0.3) is 0 Å². The first-order valence-corrected chi connectivity index (χ1v) is 8.18. The molecule has 128 valence electrons. The van der Waals surface area contributed by atoms with Crippen molar-refractivity contribution in [1.29, 1.82) is 0 Å². The quantitative estimate of drug-likeness (QED) is 0.711. The van der Waals surface area contributed by atoms with Gasteiger partial charge in [0.2, 0.25) is 5.95 Å². The standard InChI is InChI=1S/C19H21N5O/c1-3-24(14-15-9-5-4-6-10-15)19-22-18(13-20-23-19)21-16-11-7-8-12-17(16)25-2/h4-13H,3,14H2,1-2H3,(H,21,22,23). The first-order chi connectivity index (χ1) is 12.3. The van der Waals surface area contributed by atoms with E-state index >= 15 is 0 Å². The molecule has 6 heteroatoms. The van der Waals surface area contributed by atoms with Crippen LogP contribution in [0.3, 0.4) is 0 Å². The van der Waals surface area contributed by atoms with E-state index < -0.39 is 0 Å². The van der Waals surface area contributed by atoms with E-state index in [0.29, 0.717) is 11.8 Å². The Morgan fingerprint density at radius 2 is 1.80 bits per heavy atom. The van der Waals surface area contributed by atoms with Crippen LogP contribution in [-0.4, -0.2) is 28.8 Å². The molecule has 6 nitrogen and oxygen atoms in total. The van der Waals surface area contributed by atoms with E-state index in [9.17, 15) is 0 Å². The Labute approximate surface area is 147 Å². The maximum absolute atomic E-state index is 5.36. The Morgan fingerprint density at radius 1 is 1.04 bits per heavy atom. The molecule has 0 saturated carbocycles. The van der Waals surface area contributed by atoms with Crippen LogP contribution in [0.1, 0.15) is 12.5 Å². The number of aromatic nitrogens is 3. The van der Waals surface area contributed by atoms with Crippen LogP contribution >= 0.6 is 0 Å². The zero-order valence-corrected chi connectivity index (χ0v) is 14.4. The summed E-state index contributed by atoms with van der Waals surface area (Å²) in [7, 11) is 1.64.